The van der Waals surface area contributed by atoms with Gasteiger partial charge < -0.3 is 4.74 Å². The van der Waals surface area contributed by atoms with Gasteiger partial charge in [0, 0.05) is 14.9 Å². The zero-order valence-electron chi connectivity index (χ0n) is 13.3. The normalized spacial score (nSPS) is 10.5. The molecule has 0 saturated heterocycles. The molecule has 0 N–H and O–H groups in total. The van der Waals surface area contributed by atoms with E-state index in [2.05, 4.69) is 31.1 Å². The quantitative estimate of drug-likeness (QED) is 0.565. The van der Waals surface area contributed by atoms with E-state index in [0.29, 0.717) is 10.9 Å². The van der Waals surface area contributed by atoms with Crippen molar-refractivity contribution in [3.05, 3.63) is 64.8 Å². The van der Waals surface area contributed by atoms with Crippen molar-refractivity contribution in [1.29, 1.82) is 0 Å². The van der Waals surface area contributed by atoms with Crippen LogP contribution in [0, 0.1) is 0 Å². The minimum absolute atomic E-state index is 0.120. The molecule has 0 atom stereocenters. The number of aromatic nitrogens is 3. The number of hydrogen-bond donors (Lipinski definition) is 0. The summed E-state index contributed by atoms with van der Waals surface area (Å²) >= 11 is 4.76. The first-order valence-corrected chi connectivity index (χ1v) is 9.19. The van der Waals surface area contributed by atoms with Crippen molar-refractivity contribution in [2.75, 3.05) is 6.61 Å². The molecule has 0 aliphatic carbocycles. The molecule has 5 nitrogen and oxygen atoms in total. The van der Waals surface area contributed by atoms with Crippen LogP contribution in [0.1, 0.15) is 17.4 Å². The molecule has 25 heavy (non-hydrogen) atoms. The first-order chi connectivity index (χ1) is 12.2. The Hall–Kier alpha value is -2.25. The zero-order valence-corrected chi connectivity index (χ0v) is 15.8. The summed E-state index contributed by atoms with van der Waals surface area (Å²) in [5.41, 5.74) is 0.956. The summed E-state index contributed by atoms with van der Waals surface area (Å²) in [6.07, 6.45) is 0. The van der Waals surface area contributed by atoms with Gasteiger partial charge in [0.15, 0.2) is 5.82 Å². The van der Waals surface area contributed by atoms with E-state index in [4.69, 9.17) is 4.74 Å². The number of hydrogen-bond acceptors (Lipinski definition) is 6. The molecule has 0 fully saturated rings. The molecule has 126 valence electrons. The number of esters is 1. The van der Waals surface area contributed by atoms with Crippen LogP contribution >= 0.6 is 27.7 Å². The van der Waals surface area contributed by atoms with Gasteiger partial charge in [-0.3, -0.25) is 0 Å². The van der Waals surface area contributed by atoms with Crippen LogP contribution in [0.5, 0.6) is 0 Å². The lowest BCUT2D eigenvalue weighted by Crippen LogP contribution is -2.12. The summed E-state index contributed by atoms with van der Waals surface area (Å²) in [7, 11) is 0. The van der Waals surface area contributed by atoms with Crippen molar-refractivity contribution < 1.29 is 9.53 Å². The Morgan fingerprint density at radius 1 is 1.08 bits per heavy atom. The lowest BCUT2D eigenvalue weighted by molar-refractivity contribution is 0.0512. The average Bonchev–Trinajstić information content (AvgIpc) is 2.64. The van der Waals surface area contributed by atoms with Crippen LogP contribution in [0.25, 0.3) is 11.4 Å². The van der Waals surface area contributed by atoms with Crippen molar-refractivity contribution in [3.8, 4) is 11.4 Å². The molecule has 1 heterocycles. The lowest BCUT2D eigenvalue weighted by atomic mass is 10.2. The van der Waals surface area contributed by atoms with E-state index in [1.54, 1.807) is 6.92 Å². The summed E-state index contributed by atoms with van der Waals surface area (Å²) in [5.74, 6) is -0.0602. The molecule has 0 spiro atoms. The first-order valence-electron chi connectivity index (χ1n) is 7.58. The van der Waals surface area contributed by atoms with Crippen LogP contribution in [-0.4, -0.2) is 27.8 Å². The topological polar surface area (TPSA) is 65.0 Å². The van der Waals surface area contributed by atoms with Crippen LogP contribution in [0.3, 0.4) is 0 Å². The number of carbonyl (C=O) groups excluding carboxylic acids is 1. The van der Waals surface area contributed by atoms with Crippen molar-refractivity contribution in [2.24, 2.45) is 0 Å². The number of nitrogens with zero attached hydrogens (tertiary/aromatic N) is 3. The Morgan fingerprint density at radius 3 is 2.48 bits per heavy atom. The Kier molecular flexibility index (Phi) is 5.78. The first kappa shape index (κ1) is 17.6. The molecule has 0 aliphatic heterocycles. The van der Waals surface area contributed by atoms with Crippen LogP contribution in [0.15, 0.2) is 69.0 Å². The number of halogens is 1. The van der Waals surface area contributed by atoms with Gasteiger partial charge in [0.2, 0.25) is 5.69 Å². The third-order valence-corrected chi connectivity index (χ3v) is 4.70. The number of ether oxygens (including phenoxy) is 1. The fourth-order valence-corrected chi connectivity index (χ4v) is 3.15. The fraction of sp³-hybridized carbons (Fsp3) is 0.111. The van der Waals surface area contributed by atoms with Gasteiger partial charge in [-0.05, 0) is 31.2 Å². The highest BCUT2D eigenvalue weighted by Crippen LogP contribution is 2.30. The van der Waals surface area contributed by atoms with Gasteiger partial charge in [0.1, 0.15) is 5.03 Å². The molecule has 2 aromatic carbocycles. The third-order valence-electron chi connectivity index (χ3n) is 3.18. The number of rotatable bonds is 5. The van der Waals surface area contributed by atoms with Crippen molar-refractivity contribution >= 4 is 33.7 Å². The van der Waals surface area contributed by atoms with Gasteiger partial charge in [0.25, 0.3) is 0 Å². The molecule has 0 saturated carbocycles. The number of benzene rings is 2. The summed E-state index contributed by atoms with van der Waals surface area (Å²) in [4.78, 5) is 17.7. The monoisotopic (exact) mass is 415 g/mol. The molecule has 0 amide bonds. The predicted molar refractivity (Wildman–Crippen MR) is 99.5 cm³/mol. The molecule has 7 heteroatoms. The summed E-state index contributed by atoms with van der Waals surface area (Å²) in [6.45, 7) is 2.02. The Bertz CT molecular complexity index is 873. The highest BCUT2D eigenvalue weighted by molar-refractivity contribution is 9.10. The Balaban J connectivity index is 2.01. The molecule has 0 unspecified atom stereocenters. The zero-order chi connectivity index (χ0) is 17.6. The molecule has 0 aliphatic rings. The van der Waals surface area contributed by atoms with Gasteiger partial charge >= 0.3 is 5.97 Å². The molecular formula is C18H14BrN3O2S. The summed E-state index contributed by atoms with van der Waals surface area (Å²) in [6, 6.07) is 17.3. The van der Waals surface area contributed by atoms with E-state index in [9.17, 15) is 4.79 Å². The van der Waals surface area contributed by atoms with Crippen molar-refractivity contribution in [1.82, 2.24) is 15.2 Å². The van der Waals surface area contributed by atoms with Crippen LogP contribution in [-0.2, 0) is 4.74 Å². The molecule has 0 radical (unpaired) electrons. The van der Waals surface area contributed by atoms with Gasteiger partial charge in [-0.15, -0.1) is 10.2 Å². The lowest BCUT2D eigenvalue weighted by Gasteiger charge is -2.08. The van der Waals surface area contributed by atoms with E-state index in [0.717, 1.165) is 14.9 Å². The fourth-order valence-electron chi connectivity index (χ4n) is 2.03. The number of carbonyl (C=O) groups is 1. The SMILES string of the molecule is CCOC(=O)c1nnc(-c2ccccc2)nc1Sc1ccc(Br)cc1. The molecular weight excluding hydrogens is 402 g/mol. The van der Waals surface area contributed by atoms with E-state index in [1.807, 2.05) is 54.6 Å². The maximum absolute atomic E-state index is 12.2. The minimum Gasteiger partial charge on any atom is -0.461 e. The molecule has 0 bridgehead atoms. The minimum atomic E-state index is -0.526. The van der Waals surface area contributed by atoms with Crippen LogP contribution in [0.4, 0.5) is 0 Å². The molecule has 1 aromatic heterocycles. The van der Waals surface area contributed by atoms with E-state index < -0.39 is 5.97 Å². The largest absolute Gasteiger partial charge is 0.461 e. The van der Waals surface area contributed by atoms with Crippen LogP contribution < -0.4 is 0 Å². The maximum Gasteiger partial charge on any atom is 0.361 e. The Labute approximate surface area is 158 Å². The summed E-state index contributed by atoms with van der Waals surface area (Å²) in [5, 5.41) is 8.62. The molecule has 3 rings (SSSR count). The van der Waals surface area contributed by atoms with Gasteiger partial charge in [-0.2, -0.15) is 0 Å². The van der Waals surface area contributed by atoms with E-state index in [-0.39, 0.29) is 12.3 Å². The van der Waals surface area contributed by atoms with Crippen molar-refractivity contribution in [3.63, 3.8) is 0 Å². The highest BCUT2D eigenvalue weighted by Gasteiger charge is 2.19. The second-order valence-corrected chi connectivity index (χ2v) is 6.91. The van der Waals surface area contributed by atoms with Gasteiger partial charge in [-0.25, -0.2) is 9.78 Å². The highest BCUT2D eigenvalue weighted by atomic mass is 79.9. The average molecular weight is 416 g/mol. The van der Waals surface area contributed by atoms with Gasteiger partial charge in [0.05, 0.1) is 6.61 Å². The Morgan fingerprint density at radius 2 is 1.80 bits per heavy atom. The van der Waals surface area contributed by atoms with Crippen molar-refractivity contribution in [2.45, 2.75) is 16.8 Å². The predicted octanol–water partition coefficient (Wildman–Crippen LogP) is 4.63. The molecule has 3 aromatic rings. The smallest absolute Gasteiger partial charge is 0.361 e. The van der Waals surface area contributed by atoms with E-state index in [1.165, 1.54) is 11.8 Å². The standard InChI is InChI=1S/C18H14BrN3O2S/c1-2-24-18(23)15-17(25-14-10-8-13(19)9-11-14)20-16(22-21-15)12-6-4-3-5-7-12/h3-11H,2H2,1H3. The van der Waals surface area contributed by atoms with Crippen LogP contribution in [0.2, 0.25) is 0 Å². The van der Waals surface area contributed by atoms with E-state index >= 15 is 0 Å². The second kappa shape index (κ2) is 8.22. The second-order valence-electron chi connectivity index (χ2n) is 4.93. The maximum atomic E-state index is 12.2. The van der Waals surface area contributed by atoms with Gasteiger partial charge in [-0.1, -0.05) is 58.0 Å². The summed E-state index contributed by atoms with van der Waals surface area (Å²) < 4.78 is 6.05. The third kappa shape index (κ3) is 4.43.